The Morgan fingerprint density at radius 3 is 2.17 bits per heavy atom. The number of rotatable bonds is 2. The second kappa shape index (κ2) is 6.27. The van der Waals surface area contributed by atoms with E-state index in [4.69, 9.17) is 5.73 Å². The fourth-order valence-corrected chi connectivity index (χ4v) is 1.34. The number of hydrogen-bond donors (Lipinski definition) is 1. The van der Waals surface area contributed by atoms with Crippen LogP contribution in [0.15, 0.2) is 12.1 Å². The number of anilines is 1. The molecule has 0 atom stereocenters. The Morgan fingerprint density at radius 1 is 1.33 bits per heavy atom. The Kier molecular flexibility index (Phi) is 5.67. The molecule has 99 valence electrons. The van der Waals surface area contributed by atoms with Crippen LogP contribution >= 0.6 is 0 Å². The number of alkyl halides is 3. The molecule has 1 radical (unpaired) electrons. The van der Waals surface area contributed by atoms with Gasteiger partial charge in [0, 0.05) is 6.07 Å². The summed E-state index contributed by atoms with van der Waals surface area (Å²) >= 11 is 0. The molecule has 2 N–H and O–H groups in total. The van der Waals surface area contributed by atoms with Crippen LogP contribution in [0.3, 0.4) is 0 Å². The first-order chi connectivity index (χ1) is 8.29. The van der Waals surface area contributed by atoms with E-state index in [1.807, 2.05) is 13.8 Å². The fraction of sp³-hybridized carbons (Fsp3) is 0.400. The number of nitro benzene ring substituents is 1. The molecule has 0 fully saturated rings. The molecule has 0 bridgehead atoms. The first kappa shape index (κ1) is 16.3. The third-order valence-electron chi connectivity index (χ3n) is 2.05. The topological polar surface area (TPSA) is 69.2 Å². The van der Waals surface area contributed by atoms with Crippen molar-refractivity contribution in [1.29, 1.82) is 0 Å². The summed E-state index contributed by atoms with van der Waals surface area (Å²) < 4.78 is 37.9. The number of nitro groups is 1. The van der Waals surface area contributed by atoms with Crippen LogP contribution in [0.1, 0.15) is 19.4 Å². The highest BCUT2D eigenvalue weighted by Gasteiger charge is 2.37. The van der Waals surface area contributed by atoms with Crippen molar-refractivity contribution in [2.45, 2.75) is 26.8 Å². The van der Waals surface area contributed by atoms with Crippen LogP contribution in [0.5, 0.6) is 0 Å². The summed E-state index contributed by atoms with van der Waals surface area (Å²) in [6.07, 6.45) is -4.71. The molecule has 0 saturated carbocycles. The Balaban J connectivity index is 0.00000137. The lowest BCUT2D eigenvalue weighted by molar-refractivity contribution is -0.384. The number of hydrogen-bond acceptors (Lipinski definition) is 3. The highest BCUT2D eigenvalue weighted by molar-refractivity contribution is 6.53. The summed E-state index contributed by atoms with van der Waals surface area (Å²) in [5, 5.41) is 10.4. The van der Waals surface area contributed by atoms with Crippen molar-refractivity contribution in [3.8, 4) is 0 Å². The Bertz CT molecular complexity index is 436. The lowest BCUT2D eigenvalue weighted by Gasteiger charge is -2.14. The van der Waals surface area contributed by atoms with E-state index < -0.39 is 28.0 Å². The maximum Gasteiger partial charge on any atom is 0.418 e. The largest absolute Gasteiger partial charge is 0.418 e. The smallest absolute Gasteiger partial charge is 0.393 e. The highest BCUT2D eigenvalue weighted by atomic mass is 19.4. The first-order valence-electron chi connectivity index (χ1n) is 5.22. The standard InChI is InChI=1S/C8H7BF3N2O2.C2H6/c1-9-4-2-3-5(14(15)16)7(13)6(4)8(10,11)12;1-2/h2-3H,13H2,1H3;1-2H3. The minimum atomic E-state index is -4.71. The normalized spacial score (nSPS) is 10.3. The predicted octanol–water partition coefficient (Wildman–Crippen LogP) is 2.60. The van der Waals surface area contributed by atoms with Crippen LogP contribution in [0.2, 0.25) is 6.82 Å². The van der Waals surface area contributed by atoms with Gasteiger partial charge in [-0.05, 0) is 0 Å². The van der Waals surface area contributed by atoms with Crippen LogP contribution in [-0.2, 0) is 6.18 Å². The van der Waals surface area contributed by atoms with Gasteiger partial charge in [-0.3, -0.25) is 10.1 Å². The van der Waals surface area contributed by atoms with Gasteiger partial charge in [0.1, 0.15) is 13.0 Å². The van der Waals surface area contributed by atoms with Gasteiger partial charge in [0.25, 0.3) is 5.69 Å². The van der Waals surface area contributed by atoms with Crippen LogP contribution in [0, 0.1) is 10.1 Å². The third kappa shape index (κ3) is 3.38. The van der Waals surface area contributed by atoms with Gasteiger partial charge in [0.05, 0.1) is 10.5 Å². The third-order valence-corrected chi connectivity index (χ3v) is 2.05. The van der Waals surface area contributed by atoms with E-state index in [-0.39, 0.29) is 5.46 Å². The van der Waals surface area contributed by atoms with Crippen molar-refractivity contribution >= 4 is 24.1 Å². The van der Waals surface area contributed by atoms with Gasteiger partial charge < -0.3 is 5.73 Å². The Labute approximate surface area is 103 Å². The van der Waals surface area contributed by atoms with Crippen molar-refractivity contribution < 1.29 is 18.1 Å². The van der Waals surface area contributed by atoms with E-state index in [1.54, 1.807) is 0 Å². The second-order valence-electron chi connectivity index (χ2n) is 3.01. The Morgan fingerprint density at radius 2 is 1.83 bits per heavy atom. The monoisotopic (exact) mass is 261 g/mol. The zero-order valence-corrected chi connectivity index (χ0v) is 10.2. The van der Waals surface area contributed by atoms with E-state index in [0.717, 1.165) is 12.1 Å². The molecule has 0 saturated heterocycles. The van der Waals surface area contributed by atoms with E-state index in [2.05, 4.69) is 0 Å². The van der Waals surface area contributed by atoms with E-state index in [0.29, 0.717) is 0 Å². The molecule has 0 amide bonds. The van der Waals surface area contributed by atoms with Crippen LogP contribution in [0.25, 0.3) is 0 Å². The Hall–Kier alpha value is -1.73. The van der Waals surface area contributed by atoms with E-state index in [1.165, 1.54) is 14.1 Å². The van der Waals surface area contributed by atoms with Crippen molar-refractivity contribution in [3.05, 3.63) is 27.8 Å². The molecule has 1 aromatic rings. The molecule has 0 heterocycles. The summed E-state index contributed by atoms with van der Waals surface area (Å²) in [6, 6.07) is 1.98. The SMILES string of the molecule is CC.C[B]c1ccc([N+](=O)[O-])c(N)c1C(F)(F)F. The zero-order valence-electron chi connectivity index (χ0n) is 10.2. The lowest BCUT2D eigenvalue weighted by Crippen LogP contribution is -2.26. The molecule has 18 heavy (non-hydrogen) atoms. The molecule has 0 aromatic heterocycles. The van der Waals surface area contributed by atoms with Gasteiger partial charge in [-0.1, -0.05) is 32.2 Å². The number of nitrogens with zero attached hydrogens (tertiary/aromatic N) is 1. The van der Waals surface area contributed by atoms with Crippen LogP contribution in [0.4, 0.5) is 24.5 Å². The fourth-order valence-electron chi connectivity index (χ4n) is 1.34. The molecule has 4 nitrogen and oxygen atoms in total. The number of benzene rings is 1. The number of halogens is 3. The maximum absolute atomic E-state index is 12.6. The summed E-state index contributed by atoms with van der Waals surface area (Å²) in [5.41, 5.74) is 2.24. The lowest BCUT2D eigenvalue weighted by atomic mass is 9.70. The average molecular weight is 261 g/mol. The molecular weight excluding hydrogens is 248 g/mol. The summed E-state index contributed by atoms with van der Waals surface area (Å²) in [4.78, 5) is 9.51. The van der Waals surface area contributed by atoms with Gasteiger partial charge in [-0.25, -0.2) is 0 Å². The molecule has 0 unspecified atom stereocenters. The molecular formula is C10H13BF3N2O2. The predicted molar refractivity (Wildman–Crippen MR) is 65.1 cm³/mol. The van der Waals surface area contributed by atoms with Crippen LogP contribution < -0.4 is 11.2 Å². The van der Waals surface area contributed by atoms with Crippen molar-refractivity contribution in [2.24, 2.45) is 0 Å². The van der Waals surface area contributed by atoms with E-state index in [9.17, 15) is 23.3 Å². The second-order valence-corrected chi connectivity index (χ2v) is 3.01. The van der Waals surface area contributed by atoms with Gasteiger partial charge in [0.15, 0.2) is 0 Å². The molecule has 1 rings (SSSR count). The van der Waals surface area contributed by atoms with Gasteiger partial charge in [-0.15, -0.1) is 0 Å². The van der Waals surface area contributed by atoms with Gasteiger partial charge in [0.2, 0.25) is 0 Å². The highest BCUT2D eigenvalue weighted by Crippen LogP contribution is 2.36. The number of nitrogens with two attached hydrogens (primary N) is 1. The zero-order chi connectivity index (χ0) is 14.5. The minimum absolute atomic E-state index is 0.171. The quantitative estimate of drug-likeness (QED) is 0.385. The summed E-state index contributed by atoms with van der Waals surface area (Å²) in [5.74, 6) is 0. The summed E-state index contributed by atoms with van der Waals surface area (Å²) in [6.45, 7) is 5.40. The van der Waals surface area contributed by atoms with Crippen molar-refractivity contribution in [2.75, 3.05) is 5.73 Å². The average Bonchev–Trinajstić information content (AvgIpc) is 2.28. The first-order valence-corrected chi connectivity index (χ1v) is 5.22. The minimum Gasteiger partial charge on any atom is -0.393 e. The molecule has 0 aliphatic heterocycles. The van der Waals surface area contributed by atoms with Crippen LogP contribution in [-0.4, -0.2) is 12.2 Å². The molecule has 8 heteroatoms. The molecule has 0 aliphatic carbocycles. The molecule has 0 aliphatic rings. The maximum atomic E-state index is 12.6. The molecule has 0 spiro atoms. The summed E-state index contributed by atoms with van der Waals surface area (Å²) in [7, 11) is 1.20. The number of nitrogen functional groups attached to an aromatic ring is 1. The van der Waals surface area contributed by atoms with Crippen molar-refractivity contribution in [1.82, 2.24) is 0 Å². The molecule has 1 aromatic carbocycles. The van der Waals surface area contributed by atoms with Gasteiger partial charge >= 0.3 is 6.18 Å². The van der Waals surface area contributed by atoms with Gasteiger partial charge in [-0.2, -0.15) is 13.2 Å². The van der Waals surface area contributed by atoms with E-state index >= 15 is 0 Å². The van der Waals surface area contributed by atoms with Crippen molar-refractivity contribution in [3.63, 3.8) is 0 Å².